The quantitative estimate of drug-likeness (QED) is 0.182. The minimum absolute atomic E-state index is 1.02. The van der Waals surface area contributed by atoms with Gasteiger partial charge in [0.15, 0.2) is 0 Å². The van der Waals surface area contributed by atoms with Crippen molar-refractivity contribution in [1.82, 2.24) is 4.98 Å². The molecule has 2 nitrogen and oxygen atoms in total. The molecule has 7 aromatic carbocycles. The molecule has 9 rings (SSSR count). The first kappa shape index (κ1) is 28.2. The number of thiophene rings is 1. The number of benzene rings is 7. The second kappa shape index (κ2) is 12.0. The average molecular weight is 631 g/mol. The summed E-state index contributed by atoms with van der Waals surface area (Å²) in [6, 6.07) is 63.1. The Balaban J connectivity index is 1.11. The van der Waals surface area contributed by atoms with Crippen molar-refractivity contribution in [1.29, 1.82) is 0 Å². The molecule has 0 unspecified atom stereocenters. The molecular formula is C45H30N2S. The molecule has 0 spiro atoms. The summed E-state index contributed by atoms with van der Waals surface area (Å²) in [5, 5.41) is 4.99. The van der Waals surface area contributed by atoms with Crippen molar-refractivity contribution in [2.24, 2.45) is 0 Å². The van der Waals surface area contributed by atoms with Crippen molar-refractivity contribution in [3.8, 4) is 33.5 Å². The second-order valence-electron chi connectivity index (χ2n) is 12.0. The molecule has 2 aromatic heterocycles. The van der Waals surface area contributed by atoms with Gasteiger partial charge in [0.1, 0.15) is 0 Å². The minimum Gasteiger partial charge on any atom is -0.311 e. The van der Waals surface area contributed by atoms with Crippen LogP contribution in [0.1, 0.15) is 0 Å². The number of rotatable bonds is 6. The van der Waals surface area contributed by atoms with Crippen LogP contribution in [-0.4, -0.2) is 4.98 Å². The van der Waals surface area contributed by atoms with Gasteiger partial charge in [0, 0.05) is 49.0 Å². The lowest BCUT2D eigenvalue weighted by Gasteiger charge is -2.26. The monoisotopic (exact) mass is 630 g/mol. The molecule has 3 heteroatoms. The van der Waals surface area contributed by atoms with Crippen molar-refractivity contribution in [3.05, 3.63) is 182 Å². The lowest BCUT2D eigenvalue weighted by Crippen LogP contribution is -2.09. The summed E-state index contributed by atoms with van der Waals surface area (Å²) in [5.41, 5.74) is 10.2. The maximum Gasteiger partial charge on any atom is 0.0795 e. The molecule has 0 aliphatic rings. The normalized spacial score (nSPS) is 11.3. The number of hydrogen-bond acceptors (Lipinski definition) is 3. The Morgan fingerprint density at radius 3 is 1.65 bits per heavy atom. The zero-order valence-electron chi connectivity index (χ0n) is 26.1. The predicted octanol–water partition coefficient (Wildman–Crippen LogP) is 13.1. The van der Waals surface area contributed by atoms with Crippen LogP contribution in [0.3, 0.4) is 0 Å². The summed E-state index contributed by atoms with van der Waals surface area (Å²) in [6.45, 7) is 0. The molecule has 2 heterocycles. The highest BCUT2D eigenvalue weighted by molar-refractivity contribution is 7.25. The highest BCUT2D eigenvalue weighted by Gasteiger charge is 2.16. The molecule has 48 heavy (non-hydrogen) atoms. The number of nitrogens with zero attached hydrogens (tertiary/aromatic N) is 2. The molecule has 0 aliphatic heterocycles. The molecule has 0 N–H and O–H groups in total. The van der Waals surface area contributed by atoms with Crippen LogP contribution in [0.2, 0.25) is 0 Å². The van der Waals surface area contributed by atoms with Gasteiger partial charge in [-0.1, -0.05) is 121 Å². The van der Waals surface area contributed by atoms with Crippen molar-refractivity contribution < 1.29 is 0 Å². The van der Waals surface area contributed by atoms with Crippen molar-refractivity contribution >= 4 is 59.3 Å². The fourth-order valence-electron chi connectivity index (χ4n) is 6.71. The van der Waals surface area contributed by atoms with E-state index in [1.54, 1.807) is 0 Å². The molecule has 0 atom stereocenters. The molecule has 0 saturated heterocycles. The first-order valence-electron chi connectivity index (χ1n) is 16.2. The van der Waals surface area contributed by atoms with Crippen LogP contribution in [-0.2, 0) is 0 Å². The zero-order valence-corrected chi connectivity index (χ0v) is 26.9. The van der Waals surface area contributed by atoms with E-state index in [4.69, 9.17) is 4.98 Å². The third kappa shape index (κ3) is 5.11. The number of aromatic nitrogens is 1. The first-order chi connectivity index (χ1) is 23.8. The predicted molar refractivity (Wildman–Crippen MR) is 206 cm³/mol. The smallest absolute Gasteiger partial charge is 0.0795 e. The van der Waals surface area contributed by atoms with E-state index in [1.807, 2.05) is 17.5 Å². The average Bonchev–Trinajstić information content (AvgIpc) is 3.55. The standard InChI is InChI=1S/C45H30N2S/c1-2-8-31(9-3-1)33-16-22-38(23-17-33)47(39-24-18-34(19-25-39)37-15-14-32-10-4-5-11-36(32)30-37)40-26-20-35(21-27-40)45-44-41-12-6-7-13-42(41)48-43(44)28-29-46-45/h1-30H. The summed E-state index contributed by atoms with van der Waals surface area (Å²) < 4.78 is 2.55. The Bertz CT molecular complexity index is 2530. The van der Waals surface area contributed by atoms with Crippen molar-refractivity contribution in [2.75, 3.05) is 4.90 Å². The highest BCUT2D eigenvalue weighted by Crippen LogP contribution is 2.41. The van der Waals surface area contributed by atoms with Gasteiger partial charge in [-0.15, -0.1) is 11.3 Å². The molecular weight excluding hydrogens is 601 g/mol. The Hall–Kier alpha value is -6.03. The van der Waals surface area contributed by atoms with Crippen LogP contribution in [0, 0.1) is 0 Å². The molecule has 226 valence electrons. The van der Waals surface area contributed by atoms with Crippen LogP contribution in [0.15, 0.2) is 182 Å². The first-order valence-corrected chi connectivity index (χ1v) is 17.0. The lowest BCUT2D eigenvalue weighted by molar-refractivity contribution is 1.28. The third-order valence-electron chi connectivity index (χ3n) is 9.13. The molecule has 0 fully saturated rings. The third-order valence-corrected chi connectivity index (χ3v) is 10.3. The molecule has 0 radical (unpaired) electrons. The van der Waals surface area contributed by atoms with E-state index in [1.165, 1.54) is 53.2 Å². The van der Waals surface area contributed by atoms with E-state index in [0.29, 0.717) is 0 Å². The summed E-state index contributed by atoms with van der Waals surface area (Å²) in [5.74, 6) is 0. The van der Waals surface area contributed by atoms with Gasteiger partial charge in [-0.25, -0.2) is 0 Å². The fourth-order valence-corrected chi connectivity index (χ4v) is 7.81. The maximum atomic E-state index is 4.88. The summed E-state index contributed by atoms with van der Waals surface area (Å²) in [4.78, 5) is 7.21. The van der Waals surface area contributed by atoms with Gasteiger partial charge in [-0.05, 0) is 87.6 Å². The number of fused-ring (bicyclic) bond motifs is 4. The fraction of sp³-hybridized carbons (Fsp3) is 0. The minimum atomic E-state index is 1.02. The van der Waals surface area contributed by atoms with Crippen LogP contribution in [0.5, 0.6) is 0 Å². The topological polar surface area (TPSA) is 16.1 Å². The van der Waals surface area contributed by atoms with Gasteiger partial charge in [0.05, 0.1) is 5.69 Å². The second-order valence-corrected chi connectivity index (χ2v) is 13.1. The van der Waals surface area contributed by atoms with Crippen LogP contribution in [0.25, 0.3) is 64.5 Å². The van der Waals surface area contributed by atoms with Gasteiger partial charge >= 0.3 is 0 Å². The van der Waals surface area contributed by atoms with Crippen LogP contribution >= 0.6 is 11.3 Å². The van der Waals surface area contributed by atoms with E-state index in [2.05, 4.69) is 181 Å². The van der Waals surface area contributed by atoms with E-state index in [-0.39, 0.29) is 0 Å². The number of pyridine rings is 1. The molecule has 0 amide bonds. The highest BCUT2D eigenvalue weighted by atomic mass is 32.1. The number of anilines is 3. The molecule has 0 saturated carbocycles. The van der Waals surface area contributed by atoms with Gasteiger partial charge in [-0.3, -0.25) is 4.98 Å². The van der Waals surface area contributed by atoms with Crippen LogP contribution in [0.4, 0.5) is 17.1 Å². The Labute approximate surface area is 283 Å². The van der Waals surface area contributed by atoms with E-state index in [9.17, 15) is 0 Å². The molecule has 9 aromatic rings. The SMILES string of the molecule is c1ccc(-c2ccc(N(c3ccc(-c4ccc5ccccc5c4)cc3)c3ccc(-c4nccc5sc6ccccc6c45)cc3)cc2)cc1. The Morgan fingerprint density at radius 1 is 0.396 bits per heavy atom. The Morgan fingerprint density at radius 2 is 0.938 bits per heavy atom. The largest absolute Gasteiger partial charge is 0.311 e. The summed E-state index contributed by atoms with van der Waals surface area (Å²) >= 11 is 1.82. The van der Waals surface area contributed by atoms with E-state index in [0.717, 1.165) is 28.3 Å². The van der Waals surface area contributed by atoms with Crippen molar-refractivity contribution in [2.45, 2.75) is 0 Å². The lowest BCUT2D eigenvalue weighted by atomic mass is 10.0. The molecule has 0 aliphatic carbocycles. The van der Waals surface area contributed by atoms with Gasteiger partial charge in [-0.2, -0.15) is 0 Å². The Kier molecular flexibility index (Phi) is 7.03. The van der Waals surface area contributed by atoms with E-state index < -0.39 is 0 Å². The van der Waals surface area contributed by atoms with Crippen LogP contribution < -0.4 is 4.90 Å². The zero-order chi connectivity index (χ0) is 31.9. The van der Waals surface area contributed by atoms with Gasteiger partial charge < -0.3 is 4.90 Å². The maximum absolute atomic E-state index is 4.88. The number of hydrogen-bond donors (Lipinski definition) is 0. The molecule has 0 bridgehead atoms. The van der Waals surface area contributed by atoms with Gasteiger partial charge in [0.25, 0.3) is 0 Å². The summed E-state index contributed by atoms with van der Waals surface area (Å²) in [7, 11) is 0. The van der Waals surface area contributed by atoms with Gasteiger partial charge in [0.2, 0.25) is 0 Å². The van der Waals surface area contributed by atoms with E-state index >= 15 is 0 Å². The summed E-state index contributed by atoms with van der Waals surface area (Å²) in [6.07, 6.45) is 1.93. The van der Waals surface area contributed by atoms with Crippen molar-refractivity contribution in [3.63, 3.8) is 0 Å².